The van der Waals surface area contributed by atoms with Gasteiger partial charge in [0.25, 0.3) is 5.56 Å². The molecule has 0 radical (unpaired) electrons. The second-order valence-electron chi connectivity index (χ2n) is 4.60. The SMILES string of the molecule is COCCn1c(C)ccc(CNC2CC2)c1=O. The van der Waals surface area contributed by atoms with Crippen molar-refractivity contribution in [3.05, 3.63) is 33.7 Å². The van der Waals surface area contributed by atoms with Crippen molar-refractivity contribution in [1.29, 1.82) is 0 Å². The standard InChI is InChI=1S/C13H20N2O2/c1-10-3-4-11(9-14-12-5-6-12)13(16)15(10)7-8-17-2/h3-4,12,14H,5-9H2,1-2H3. The molecule has 4 nitrogen and oxygen atoms in total. The Hall–Kier alpha value is -1.13. The van der Waals surface area contributed by atoms with Gasteiger partial charge >= 0.3 is 0 Å². The minimum Gasteiger partial charge on any atom is -0.383 e. The van der Waals surface area contributed by atoms with Gasteiger partial charge in [-0.2, -0.15) is 0 Å². The third kappa shape index (κ3) is 3.17. The summed E-state index contributed by atoms with van der Waals surface area (Å²) >= 11 is 0. The molecule has 1 aliphatic rings. The van der Waals surface area contributed by atoms with E-state index in [4.69, 9.17) is 4.74 Å². The number of pyridine rings is 1. The van der Waals surface area contributed by atoms with E-state index in [2.05, 4.69) is 5.32 Å². The van der Waals surface area contributed by atoms with Crippen molar-refractivity contribution < 1.29 is 4.74 Å². The molecule has 1 aliphatic carbocycles. The Morgan fingerprint density at radius 3 is 2.88 bits per heavy atom. The first kappa shape index (κ1) is 12.3. The number of nitrogens with zero attached hydrogens (tertiary/aromatic N) is 1. The van der Waals surface area contributed by atoms with Gasteiger partial charge in [0.2, 0.25) is 0 Å². The van der Waals surface area contributed by atoms with Crippen LogP contribution in [-0.4, -0.2) is 24.3 Å². The van der Waals surface area contributed by atoms with Crippen LogP contribution in [0.3, 0.4) is 0 Å². The zero-order valence-electron chi connectivity index (χ0n) is 10.5. The summed E-state index contributed by atoms with van der Waals surface area (Å²) < 4.78 is 6.81. The number of hydrogen-bond donors (Lipinski definition) is 1. The summed E-state index contributed by atoms with van der Waals surface area (Å²) in [5.41, 5.74) is 1.94. The minimum atomic E-state index is 0.107. The summed E-state index contributed by atoms with van der Waals surface area (Å²) in [6, 6.07) is 4.56. The summed E-state index contributed by atoms with van der Waals surface area (Å²) in [5, 5.41) is 3.37. The van der Waals surface area contributed by atoms with Gasteiger partial charge in [-0.05, 0) is 25.8 Å². The van der Waals surface area contributed by atoms with Gasteiger partial charge in [0.05, 0.1) is 6.61 Å². The molecule has 94 valence electrons. The number of hydrogen-bond acceptors (Lipinski definition) is 3. The second-order valence-corrected chi connectivity index (χ2v) is 4.60. The van der Waals surface area contributed by atoms with Crippen LogP contribution in [0.2, 0.25) is 0 Å². The lowest BCUT2D eigenvalue weighted by Gasteiger charge is -2.11. The van der Waals surface area contributed by atoms with Gasteiger partial charge in [-0.15, -0.1) is 0 Å². The average Bonchev–Trinajstić information content (AvgIpc) is 3.12. The van der Waals surface area contributed by atoms with Crippen LogP contribution in [0.15, 0.2) is 16.9 Å². The van der Waals surface area contributed by atoms with Crippen LogP contribution >= 0.6 is 0 Å². The quantitative estimate of drug-likeness (QED) is 0.803. The average molecular weight is 236 g/mol. The molecule has 1 aromatic heterocycles. The summed E-state index contributed by atoms with van der Waals surface area (Å²) in [6.45, 7) is 3.82. The van der Waals surface area contributed by atoms with E-state index in [1.165, 1.54) is 12.8 Å². The number of aryl methyl sites for hydroxylation is 1. The molecule has 1 saturated carbocycles. The number of nitrogens with one attached hydrogen (secondary N) is 1. The molecule has 0 atom stereocenters. The van der Waals surface area contributed by atoms with Crippen molar-refractivity contribution in [2.45, 2.75) is 38.9 Å². The molecule has 0 amide bonds. The van der Waals surface area contributed by atoms with E-state index in [0.717, 1.165) is 11.3 Å². The van der Waals surface area contributed by atoms with Crippen LogP contribution in [-0.2, 0) is 17.8 Å². The highest BCUT2D eigenvalue weighted by Crippen LogP contribution is 2.18. The Labute approximate surface area is 102 Å². The number of ether oxygens (including phenoxy) is 1. The molecule has 0 aromatic carbocycles. The third-order valence-corrected chi connectivity index (χ3v) is 3.15. The Morgan fingerprint density at radius 2 is 2.24 bits per heavy atom. The van der Waals surface area contributed by atoms with Gasteiger partial charge in [0.15, 0.2) is 0 Å². The van der Waals surface area contributed by atoms with Gasteiger partial charge in [-0.1, -0.05) is 6.07 Å². The van der Waals surface area contributed by atoms with E-state index in [9.17, 15) is 4.79 Å². The zero-order chi connectivity index (χ0) is 12.3. The maximum Gasteiger partial charge on any atom is 0.255 e. The summed E-state index contributed by atoms with van der Waals surface area (Å²) in [6.07, 6.45) is 2.48. The smallest absolute Gasteiger partial charge is 0.255 e. The van der Waals surface area contributed by atoms with Crippen molar-refractivity contribution in [1.82, 2.24) is 9.88 Å². The molecule has 1 heterocycles. The van der Waals surface area contributed by atoms with Gasteiger partial charge < -0.3 is 14.6 Å². The molecule has 4 heteroatoms. The van der Waals surface area contributed by atoms with E-state index in [-0.39, 0.29) is 5.56 Å². The fraction of sp³-hybridized carbons (Fsp3) is 0.615. The number of methoxy groups -OCH3 is 1. The molecular formula is C13H20N2O2. The maximum absolute atomic E-state index is 12.2. The predicted octanol–water partition coefficient (Wildman–Crippen LogP) is 1.06. The summed E-state index contributed by atoms with van der Waals surface area (Å²) in [7, 11) is 1.65. The monoisotopic (exact) mass is 236 g/mol. The normalized spacial score (nSPS) is 15.2. The van der Waals surface area contributed by atoms with Crippen molar-refractivity contribution in [2.75, 3.05) is 13.7 Å². The Bertz CT molecular complexity index is 436. The molecule has 1 aromatic rings. The lowest BCUT2D eigenvalue weighted by atomic mass is 10.2. The second kappa shape index (κ2) is 5.47. The first-order chi connectivity index (χ1) is 8.22. The van der Waals surface area contributed by atoms with Crippen LogP contribution in [0.5, 0.6) is 0 Å². The van der Waals surface area contributed by atoms with Crippen LogP contribution in [0.4, 0.5) is 0 Å². The number of aromatic nitrogens is 1. The molecule has 0 bridgehead atoms. The van der Waals surface area contributed by atoms with Crippen molar-refractivity contribution in [2.24, 2.45) is 0 Å². The fourth-order valence-electron chi connectivity index (χ4n) is 1.85. The van der Waals surface area contributed by atoms with Gasteiger partial charge in [-0.3, -0.25) is 4.79 Å². The van der Waals surface area contributed by atoms with Crippen molar-refractivity contribution >= 4 is 0 Å². The summed E-state index contributed by atoms with van der Waals surface area (Å²) in [5.74, 6) is 0. The molecule has 1 N–H and O–H groups in total. The topological polar surface area (TPSA) is 43.3 Å². The Kier molecular flexibility index (Phi) is 3.97. The van der Waals surface area contributed by atoms with E-state index in [1.807, 2.05) is 19.1 Å². The van der Waals surface area contributed by atoms with Crippen LogP contribution in [0.1, 0.15) is 24.1 Å². The summed E-state index contributed by atoms with van der Waals surface area (Å²) in [4.78, 5) is 12.2. The molecule has 17 heavy (non-hydrogen) atoms. The highest BCUT2D eigenvalue weighted by Gasteiger charge is 2.20. The van der Waals surface area contributed by atoms with Crippen molar-refractivity contribution in [3.63, 3.8) is 0 Å². The van der Waals surface area contributed by atoms with Crippen LogP contribution in [0.25, 0.3) is 0 Å². The van der Waals surface area contributed by atoms with Crippen LogP contribution < -0.4 is 10.9 Å². The zero-order valence-corrected chi connectivity index (χ0v) is 10.5. The van der Waals surface area contributed by atoms with Gasteiger partial charge in [0.1, 0.15) is 0 Å². The molecule has 0 spiro atoms. The van der Waals surface area contributed by atoms with E-state index >= 15 is 0 Å². The highest BCUT2D eigenvalue weighted by atomic mass is 16.5. The highest BCUT2D eigenvalue weighted by molar-refractivity contribution is 5.15. The molecule has 0 saturated heterocycles. The minimum absolute atomic E-state index is 0.107. The fourth-order valence-corrected chi connectivity index (χ4v) is 1.85. The molecule has 0 unspecified atom stereocenters. The number of rotatable bonds is 6. The van der Waals surface area contributed by atoms with Gasteiger partial charge in [0, 0.05) is 37.5 Å². The first-order valence-electron chi connectivity index (χ1n) is 6.14. The molecule has 2 rings (SSSR count). The van der Waals surface area contributed by atoms with E-state index in [0.29, 0.717) is 25.7 Å². The van der Waals surface area contributed by atoms with Gasteiger partial charge in [-0.25, -0.2) is 0 Å². The van der Waals surface area contributed by atoms with E-state index in [1.54, 1.807) is 11.7 Å². The van der Waals surface area contributed by atoms with Crippen LogP contribution in [0, 0.1) is 6.92 Å². The lowest BCUT2D eigenvalue weighted by Crippen LogP contribution is -2.30. The first-order valence-corrected chi connectivity index (χ1v) is 6.14. The Balaban J connectivity index is 2.12. The molecule has 0 aliphatic heterocycles. The Morgan fingerprint density at radius 1 is 1.47 bits per heavy atom. The van der Waals surface area contributed by atoms with Crippen molar-refractivity contribution in [3.8, 4) is 0 Å². The van der Waals surface area contributed by atoms with E-state index < -0.39 is 0 Å². The maximum atomic E-state index is 12.2. The molecular weight excluding hydrogens is 216 g/mol. The largest absolute Gasteiger partial charge is 0.383 e. The predicted molar refractivity (Wildman–Crippen MR) is 67.2 cm³/mol. The molecule has 1 fully saturated rings. The lowest BCUT2D eigenvalue weighted by molar-refractivity contribution is 0.185. The third-order valence-electron chi connectivity index (χ3n) is 3.15.